The molecule has 3 rings (SSSR count). The third kappa shape index (κ3) is 4.32. The first-order valence-corrected chi connectivity index (χ1v) is 9.35. The van der Waals surface area contributed by atoms with Gasteiger partial charge in [-0.25, -0.2) is 0 Å². The molecule has 1 amide bonds. The van der Waals surface area contributed by atoms with E-state index in [1.165, 1.54) is 25.6 Å². The first-order chi connectivity index (χ1) is 13.0. The van der Waals surface area contributed by atoms with E-state index in [-0.39, 0.29) is 5.91 Å². The van der Waals surface area contributed by atoms with Crippen LogP contribution in [0.4, 0.5) is 0 Å². The van der Waals surface area contributed by atoms with Crippen molar-refractivity contribution >= 4 is 39.1 Å². The highest BCUT2D eigenvalue weighted by Crippen LogP contribution is 2.24. The first kappa shape index (κ1) is 19.4. The summed E-state index contributed by atoms with van der Waals surface area (Å²) < 4.78 is 18.6. The summed E-state index contributed by atoms with van der Waals surface area (Å²) in [5.74, 6) is 0.683. The summed E-state index contributed by atoms with van der Waals surface area (Å²) in [6.45, 7) is 1.08. The predicted molar refractivity (Wildman–Crippen MR) is 106 cm³/mol. The maximum Gasteiger partial charge on any atom is 0.279 e. The predicted octanol–water partition coefficient (Wildman–Crippen LogP) is 3.76. The summed E-state index contributed by atoms with van der Waals surface area (Å²) in [5.41, 5.74) is 1.34. The Hall–Kier alpha value is -2.35. The van der Waals surface area contributed by atoms with E-state index < -0.39 is 0 Å². The van der Waals surface area contributed by atoms with E-state index in [0.29, 0.717) is 40.0 Å². The summed E-state index contributed by atoms with van der Waals surface area (Å²) in [4.78, 5) is 17.7. The van der Waals surface area contributed by atoms with Crippen molar-refractivity contribution in [3.63, 3.8) is 0 Å². The van der Waals surface area contributed by atoms with Crippen molar-refractivity contribution in [1.29, 1.82) is 0 Å². The number of hydrogen-bond acceptors (Lipinski definition) is 5. The molecular weight excluding hydrogens is 388 g/mol. The van der Waals surface area contributed by atoms with Crippen LogP contribution in [-0.4, -0.2) is 38.4 Å². The Morgan fingerprint density at radius 3 is 2.44 bits per heavy atom. The fourth-order valence-corrected chi connectivity index (χ4v) is 3.94. The minimum Gasteiger partial charge on any atom is -0.497 e. The molecule has 0 bridgehead atoms. The van der Waals surface area contributed by atoms with Gasteiger partial charge in [0.25, 0.3) is 5.91 Å². The van der Waals surface area contributed by atoms with Gasteiger partial charge in [0, 0.05) is 30.3 Å². The average Bonchev–Trinajstić information content (AvgIpc) is 3.01. The van der Waals surface area contributed by atoms with Gasteiger partial charge in [-0.15, -0.1) is 0 Å². The smallest absolute Gasteiger partial charge is 0.279 e. The third-order valence-corrected chi connectivity index (χ3v) is 5.24. The first-order valence-electron chi connectivity index (χ1n) is 8.15. The Balaban J connectivity index is 2.10. The second kappa shape index (κ2) is 8.56. The molecule has 1 heterocycles. The van der Waals surface area contributed by atoms with E-state index in [2.05, 4.69) is 4.99 Å². The molecule has 0 saturated heterocycles. The largest absolute Gasteiger partial charge is 0.497 e. The Morgan fingerprint density at radius 1 is 1.11 bits per heavy atom. The lowest BCUT2D eigenvalue weighted by Gasteiger charge is -2.06. The minimum absolute atomic E-state index is 0.379. The van der Waals surface area contributed by atoms with Gasteiger partial charge in [0.15, 0.2) is 4.80 Å². The number of benzene rings is 2. The maximum atomic E-state index is 12.8. The molecular formula is C19H19ClN2O4S. The van der Waals surface area contributed by atoms with Crippen LogP contribution < -0.4 is 14.3 Å². The molecule has 0 spiro atoms. The van der Waals surface area contributed by atoms with Gasteiger partial charge in [-0.05, 0) is 30.3 Å². The second-order valence-electron chi connectivity index (χ2n) is 5.66. The Bertz CT molecular complexity index is 1020. The van der Waals surface area contributed by atoms with E-state index in [0.717, 1.165) is 10.2 Å². The molecule has 2 aromatic carbocycles. The number of fused-ring (bicyclic) bond motifs is 1. The van der Waals surface area contributed by atoms with Gasteiger partial charge in [-0.2, -0.15) is 4.99 Å². The number of aromatic nitrogens is 1. The number of methoxy groups -OCH3 is 3. The quantitative estimate of drug-likeness (QED) is 0.625. The van der Waals surface area contributed by atoms with Crippen molar-refractivity contribution in [1.82, 2.24) is 4.57 Å². The van der Waals surface area contributed by atoms with Gasteiger partial charge in [0.1, 0.15) is 11.5 Å². The van der Waals surface area contributed by atoms with Crippen LogP contribution in [0.15, 0.2) is 41.4 Å². The van der Waals surface area contributed by atoms with E-state index in [1.54, 1.807) is 25.3 Å². The fraction of sp³-hybridized carbons (Fsp3) is 0.263. The van der Waals surface area contributed by atoms with E-state index >= 15 is 0 Å². The highest BCUT2D eigenvalue weighted by atomic mass is 35.5. The van der Waals surface area contributed by atoms with Crippen molar-refractivity contribution in [2.45, 2.75) is 6.54 Å². The van der Waals surface area contributed by atoms with Crippen LogP contribution in [0, 0.1) is 0 Å². The fourth-order valence-electron chi connectivity index (χ4n) is 2.61. The molecule has 3 aromatic rings. The normalized spacial score (nSPS) is 11.8. The monoisotopic (exact) mass is 406 g/mol. The lowest BCUT2D eigenvalue weighted by atomic mass is 10.2. The molecule has 0 aliphatic rings. The second-order valence-corrected chi connectivity index (χ2v) is 7.10. The van der Waals surface area contributed by atoms with Crippen LogP contribution in [0.2, 0.25) is 5.02 Å². The number of amides is 1. The molecule has 0 aliphatic heterocycles. The third-order valence-electron chi connectivity index (χ3n) is 3.96. The lowest BCUT2D eigenvalue weighted by Crippen LogP contribution is -2.19. The molecule has 0 radical (unpaired) electrons. The number of nitrogens with zero attached hydrogens (tertiary/aromatic N) is 2. The van der Waals surface area contributed by atoms with Crippen LogP contribution in [0.3, 0.4) is 0 Å². The molecule has 0 fully saturated rings. The van der Waals surface area contributed by atoms with Crippen LogP contribution in [0.25, 0.3) is 10.2 Å². The molecule has 142 valence electrons. The van der Waals surface area contributed by atoms with E-state index in [1.807, 2.05) is 22.8 Å². The number of ether oxygens (including phenoxy) is 3. The van der Waals surface area contributed by atoms with Gasteiger partial charge in [-0.3, -0.25) is 4.79 Å². The topological polar surface area (TPSA) is 62.1 Å². The standard InChI is InChI=1S/C19H19ClN2O4S/c1-24-7-6-22-16-5-4-13(20)10-17(16)27-19(22)21-18(23)12-8-14(25-2)11-15(9-12)26-3/h4-5,8-11H,6-7H2,1-3H3. The van der Waals surface area contributed by atoms with Gasteiger partial charge < -0.3 is 18.8 Å². The average molecular weight is 407 g/mol. The highest BCUT2D eigenvalue weighted by Gasteiger charge is 2.12. The van der Waals surface area contributed by atoms with Crippen molar-refractivity contribution in [2.24, 2.45) is 4.99 Å². The van der Waals surface area contributed by atoms with Gasteiger partial charge in [0.2, 0.25) is 0 Å². The zero-order valence-corrected chi connectivity index (χ0v) is 16.8. The van der Waals surface area contributed by atoms with Gasteiger partial charge in [-0.1, -0.05) is 22.9 Å². The van der Waals surface area contributed by atoms with Gasteiger partial charge >= 0.3 is 0 Å². The van der Waals surface area contributed by atoms with Crippen molar-refractivity contribution in [3.8, 4) is 11.5 Å². The van der Waals surface area contributed by atoms with E-state index in [4.69, 9.17) is 25.8 Å². The van der Waals surface area contributed by atoms with Crippen LogP contribution in [0.5, 0.6) is 11.5 Å². The number of carbonyl (C=O) groups is 1. The lowest BCUT2D eigenvalue weighted by molar-refractivity contribution is 0.0996. The number of thiazole rings is 1. The Labute approximate surface area is 165 Å². The Morgan fingerprint density at radius 2 is 1.81 bits per heavy atom. The zero-order valence-electron chi connectivity index (χ0n) is 15.2. The number of halogens is 1. The van der Waals surface area contributed by atoms with Crippen molar-refractivity contribution in [3.05, 3.63) is 51.8 Å². The van der Waals surface area contributed by atoms with E-state index in [9.17, 15) is 4.79 Å². The molecule has 0 aliphatic carbocycles. The zero-order chi connectivity index (χ0) is 19.4. The number of carbonyl (C=O) groups excluding carboxylic acids is 1. The molecule has 0 unspecified atom stereocenters. The Kier molecular flexibility index (Phi) is 6.15. The SMILES string of the molecule is COCCn1c(=NC(=O)c2cc(OC)cc(OC)c2)sc2cc(Cl)ccc21. The molecule has 8 heteroatoms. The summed E-state index contributed by atoms with van der Waals surface area (Å²) >= 11 is 7.50. The molecule has 0 saturated carbocycles. The van der Waals surface area contributed by atoms with Crippen LogP contribution in [-0.2, 0) is 11.3 Å². The molecule has 1 aromatic heterocycles. The molecule has 0 N–H and O–H groups in total. The molecule has 6 nitrogen and oxygen atoms in total. The molecule has 0 atom stereocenters. The van der Waals surface area contributed by atoms with Crippen LogP contribution >= 0.6 is 22.9 Å². The van der Waals surface area contributed by atoms with Crippen molar-refractivity contribution < 1.29 is 19.0 Å². The minimum atomic E-state index is -0.379. The number of rotatable bonds is 6. The summed E-state index contributed by atoms with van der Waals surface area (Å²) in [6, 6.07) is 10.6. The highest BCUT2D eigenvalue weighted by molar-refractivity contribution is 7.16. The van der Waals surface area contributed by atoms with Crippen molar-refractivity contribution in [2.75, 3.05) is 27.9 Å². The summed E-state index contributed by atoms with van der Waals surface area (Å²) in [6.07, 6.45) is 0. The summed E-state index contributed by atoms with van der Waals surface area (Å²) in [5, 5.41) is 0.637. The summed E-state index contributed by atoms with van der Waals surface area (Å²) in [7, 11) is 4.71. The maximum absolute atomic E-state index is 12.8. The van der Waals surface area contributed by atoms with Crippen LogP contribution in [0.1, 0.15) is 10.4 Å². The number of hydrogen-bond donors (Lipinski definition) is 0. The molecule has 27 heavy (non-hydrogen) atoms. The van der Waals surface area contributed by atoms with Gasteiger partial charge in [0.05, 0.1) is 31.0 Å².